The van der Waals surface area contributed by atoms with E-state index in [0.717, 1.165) is 17.0 Å². The highest BCUT2D eigenvalue weighted by atomic mass is 16.5. The van der Waals surface area contributed by atoms with Gasteiger partial charge in [0.2, 0.25) is 0 Å². The summed E-state index contributed by atoms with van der Waals surface area (Å²) >= 11 is 0. The number of aromatic nitrogens is 2. The summed E-state index contributed by atoms with van der Waals surface area (Å²) < 4.78 is 6.39. The molecule has 0 fully saturated rings. The number of ether oxygens (including phenoxy) is 1. The second-order valence-corrected chi connectivity index (χ2v) is 3.53. The Morgan fingerprint density at radius 3 is 2.81 bits per heavy atom. The van der Waals surface area contributed by atoms with Crippen LogP contribution in [0.5, 0.6) is 0 Å². The first-order valence-electron chi connectivity index (χ1n) is 5.06. The van der Waals surface area contributed by atoms with Crippen LogP contribution in [-0.4, -0.2) is 22.9 Å². The highest BCUT2D eigenvalue weighted by Gasteiger charge is 2.14. The summed E-state index contributed by atoms with van der Waals surface area (Å²) in [5.41, 5.74) is 2.64. The third-order valence-corrected chi connectivity index (χ3v) is 2.52. The van der Waals surface area contributed by atoms with E-state index in [9.17, 15) is 4.79 Å². The van der Waals surface area contributed by atoms with E-state index in [1.165, 1.54) is 7.11 Å². The minimum absolute atomic E-state index is 0.237. The van der Waals surface area contributed by atoms with Gasteiger partial charge in [-0.1, -0.05) is 0 Å². The zero-order chi connectivity index (χ0) is 12.1. The van der Waals surface area contributed by atoms with E-state index < -0.39 is 0 Å². The third-order valence-electron chi connectivity index (χ3n) is 2.52. The Kier molecular flexibility index (Phi) is 4.06. The van der Waals surface area contributed by atoms with Crippen molar-refractivity contribution >= 4 is 5.97 Å². The van der Waals surface area contributed by atoms with Gasteiger partial charge < -0.3 is 4.74 Å². The van der Waals surface area contributed by atoms with Crippen LogP contribution in [0.25, 0.3) is 0 Å². The fraction of sp³-hybridized carbons (Fsp3) is 0.545. The van der Waals surface area contributed by atoms with Crippen molar-refractivity contribution in [3.63, 3.8) is 0 Å². The molecule has 0 atom stereocenters. The number of rotatable bonds is 4. The topological polar surface area (TPSA) is 67.9 Å². The second kappa shape index (κ2) is 5.31. The van der Waals surface area contributed by atoms with E-state index in [4.69, 9.17) is 5.26 Å². The van der Waals surface area contributed by atoms with E-state index in [0.29, 0.717) is 13.0 Å². The molecule has 5 nitrogen and oxygen atoms in total. The van der Waals surface area contributed by atoms with Gasteiger partial charge in [-0.15, -0.1) is 0 Å². The summed E-state index contributed by atoms with van der Waals surface area (Å²) in [5.74, 6) is -0.272. The maximum Gasteiger partial charge on any atom is 0.310 e. The predicted molar refractivity (Wildman–Crippen MR) is 57.7 cm³/mol. The van der Waals surface area contributed by atoms with Crippen molar-refractivity contribution < 1.29 is 9.53 Å². The second-order valence-electron chi connectivity index (χ2n) is 3.53. The Morgan fingerprint density at radius 2 is 2.25 bits per heavy atom. The van der Waals surface area contributed by atoms with Crippen LogP contribution in [0.4, 0.5) is 0 Å². The fourth-order valence-corrected chi connectivity index (χ4v) is 1.58. The predicted octanol–water partition coefficient (Wildman–Crippen LogP) is 1.13. The molecule has 0 radical (unpaired) electrons. The van der Waals surface area contributed by atoms with Gasteiger partial charge >= 0.3 is 5.97 Å². The van der Waals surface area contributed by atoms with Crippen molar-refractivity contribution in [2.45, 2.75) is 33.2 Å². The SMILES string of the molecule is COC(=O)Cc1c(C)nn(CCC#N)c1C. The first kappa shape index (κ1) is 12.2. The first-order chi connectivity index (χ1) is 7.60. The van der Waals surface area contributed by atoms with E-state index in [1.807, 2.05) is 13.8 Å². The average molecular weight is 221 g/mol. The molecule has 0 unspecified atom stereocenters. The fourth-order valence-electron chi connectivity index (χ4n) is 1.58. The van der Waals surface area contributed by atoms with E-state index >= 15 is 0 Å². The largest absolute Gasteiger partial charge is 0.469 e. The molecule has 1 heterocycles. The Bertz CT molecular complexity index is 429. The van der Waals surface area contributed by atoms with Crippen LogP contribution in [0.15, 0.2) is 0 Å². The quantitative estimate of drug-likeness (QED) is 0.715. The van der Waals surface area contributed by atoms with Crippen LogP contribution < -0.4 is 0 Å². The number of carbonyl (C=O) groups excluding carboxylic acids is 1. The van der Waals surface area contributed by atoms with Crippen LogP contribution >= 0.6 is 0 Å². The molecule has 0 aliphatic rings. The van der Waals surface area contributed by atoms with Crippen LogP contribution in [0.3, 0.4) is 0 Å². The molecule has 0 saturated heterocycles. The summed E-state index contributed by atoms with van der Waals surface area (Å²) in [6.45, 7) is 4.31. The molecular weight excluding hydrogens is 206 g/mol. The number of hydrogen-bond donors (Lipinski definition) is 0. The summed E-state index contributed by atoms with van der Waals surface area (Å²) in [6.07, 6.45) is 0.653. The Morgan fingerprint density at radius 1 is 1.56 bits per heavy atom. The number of nitrogens with zero attached hydrogens (tertiary/aromatic N) is 3. The maximum absolute atomic E-state index is 11.2. The Labute approximate surface area is 94.6 Å². The van der Waals surface area contributed by atoms with Gasteiger partial charge in [0, 0.05) is 11.3 Å². The molecule has 0 aliphatic carbocycles. The highest BCUT2D eigenvalue weighted by molar-refractivity contribution is 5.73. The third kappa shape index (κ3) is 2.60. The van der Waals surface area contributed by atoms with Crippen molar-refractivity contribution in [3.8, 4) is 6.07 Å². The molecule has 1 rings (SSSR count). The van der Waals surface area contributed by atoms with Crippen molar-refractivity contribution in [3.05, 3.63) is 17.0 Å². The lowest BCUT2D eigenvalue weighted by Gasteiger charge is -2.02. The van der Waals surface area contributed by atoms with Crippen molar-refractivity contribution in [1.29, 1.82) is 5.26 Å². The van der Waals surface area contributed by atoms with Gasteiger partial charge in [0.25, 0.3) is 0 Å². The van der Waals surface area contributed by atoms with Gasteiger partial charge in [0.15, 0.2) is 0 Å². The summed E-state index contributed by atoms with van der Waals surface area (Å²) in [5, 5.41) is 12.8. The Balaban J connectivity index is 2.89. The molecule has 5 heteroatoms. The molecule has 0 spiro atoms. The summed E-state index contributed by atoms with van der Waals surface area (Å²) in [6, 6.07) is 2.07. The number of nitriles is 1. The minimum atomic E-state index is -0.272. The number of carbonyl (C=O) groups is 1. The zero-order valence-electron chi connectivity index (χ0n) is 9.78. The van der Waals surface area contributed by atoms with Crippen molar-refractivity contribution in [2.24, 2.45) is 0 Å². The number of methoxy groups -OCH3 is 1. The average Bonchev–Trinajstić information content (AvgIpc) is 2.53. The molecule has 0 saturated carbocycles. The lowest BCUT2D eigenvalue weighted by Crippen LogP contribution is -2.07. The first-order valence-corrected chi connectivity index (χ1v) is 5.06. The number of hydrogen-bond acceptors (Lipinski definition) is 4. The lowest BCUT2D eigenvalue weighted by atomic mass is 10.1. The van der Waals surface area contributed by atoms with Crippen LogP contribution in [0.2, 0.25) is 0 Å². The number of aryl methyl sites for hydroxylation is 2. The normalized spacial score (nSPS) is 9.88. The molecule has 1 aromatic rings. The standard InChI is InChI=1S/C11H15N3O2/c1-8-10(7-11(15)16-3)9(2)14(13-8)6-4-5-12/h4,6-7H2,1-3H3. The number of esters is 1. The van der Waals surface area contributed by atoms with Crippen LogP contribution in [0.1, 0.15) is 23.4 Å². The highest BCUT2D eigenvalue weighted by Crippen LogP contribution is 2.14. The maximum atomic E-state index is 11.2. The monoisotopic (exact) mass is 221 g/mol. The Hall–Kier alpha value is -1.83. The molecule has 86 valence electrons. The van der Waals surface area contributed by atoms with Gasteiger partial charge in [-0.3, -0.25) is 9.48 Å². The molecular formula is C11H15N3O2. The van der Waals surface area contributed by atoms with Gasteiger partial charge in [0.05, 0.1) is 38.3 Å². The molecule has 1 aromatic heterocycles. The zero-order valence-corrected chi connectivity index (χ0v) is 9.78. The van der Waals surface area contributed by atoms with Gasteiger partial charge in [-0.25, -0.2) is 0 Å². The molecule has 0 bridgehead atoms. The van der Waals surface area contributed by atoms with Crippen LogP contribution in [-0.2, 0) is 22.5 Å². The molecule has 0 aliphatic heterocycles. The molecule has 0 N–H and O–H groups in total. The smallest absolute Gasteiger partial charge is 0.310 e. The van der Waals surface area contributed by atoms with E-state index in [1.54, 1.807) is 4.68 Å². The minimum Gasteiger partial charge on any atom is -0.469 e. The lowest BCUT2D eigenvalue weighted by molar-refractivity contribution is -0.139. The van der Waals surface area contributed by atoms with Crippen LogP contribution in [0, 0.1) is 25.2 Å². The van der Waals surface area contributed by atoms with E-state index in [2.05, 4.69) is 15.9 Å². The molecule has 0 amide bonds. The summed E-state index contributed by atoms with van der Waals surface area (Å²) in [4.78, 5) is 11.2. The van der Waals surface area contributed by atoms with Gasteiger partial charge in [-0.05, 0) is 13.8 Å². The van der Waals surface area contributed by atoms with Crippen molar-refractivity contribution in [1.82, 2.24) is 9.78 Å². The van der Waals surface area contributed by atoms with Crippen molar-refractivity contribution in [2.75, 3.05) is 7.11 Å². The molecule has 16 heavy (non-hydrogen) atoms. The molecule has 0 aromatic carbocycles. The van der Waals surface area contributed by atoms with Gasteiger partial charge in [0.1, 0.15) is 0 Å². The van der Waals surface area contributed by atoms with Gasteiger partial charge in [-0.2, -0.15) is 10.4 Å². The summed E-state index contributed by atoms with van der Waals surface area (Å²) in [7, 11) is 1.37. The van der Waals surface area contributed by atoms with E-state index in [-0.39, 0.29) is 12.4 Å².